The fraction of sp³-hybridized carbons (Fsp3) is 0.176. The van der Waals surface area contributed by atoms with E-state index in [1.807, 2.05) is 24.3 Å². The molecule has 1 aliphatic rings. The summed E-state index contributed by atoms with van der Waals surface area (Å²) in [5.41, 5.74) is 0.595. The lowest BCUT2D eigenvalue weighted by molar-refractivity contribution is -0.155. The molecule has 3 rings (SSSR count). The smallest absolute Gasteiger partial charge is 0.414 e. The number of benzene rings is 2. The molecule has 2 amide bonds. The number of rotatable bonds is 2. The van der Waals surface area contributed by atoms with Crippen LogP contribution < -0.4 is 0 Å². The van der Waals surface area contributed by atoms with Gasteiger partial charge >= 0.3 is 6.09 Å². The maximum atomic E-state index is 12.6. The number of hydrogen-bond donors (Lipinski definition) is 1. The summed E-state index contributed by atoms with van der Waals surface area (Å²) in [6.07, 6.45) is -1.25. The summed E-state index contributed by atoms with van der Waals surface area (Å²) in [4.78, 5) is 24.9. The van der Waals surface area contributed by atoms with Gasteiger partial charge in [-0.25, -0.2) is 9.69 Å². The summed E-state index contributed by atoms with van der Waals surface area (Å²) >= 11 is 9.27. The molecule has 0 saturated carbocycles. The number of likely N-dealkylation sites (tertiary alicyclic amines) is 1. The lowest BCUT2D eigenvalue weighted by Crippen LogP contribution is -2.66. The van der Waals surface area contributed by atoms with Gasteiger partial charge in [0.05, 0.1) is 11.5 Å². The molecule has 0 bridgehead atoms. The first-order valence-corrected chi connectivity index (χ1v) is 8.11. The second kappa shape index (κ2) is 5.65. The number of imide groups is 1. The summed E-state index contributed by atoms with van der Waals surface area (Å²) < 4.78 is 0.898. The highest BCUT2D eigenvalue weighted by atomic mass is 79.9. The van der Waals surface area contributed by atoms with Crippen LogP contribution in [0.25, 0.3) is 0 Å². The Bertz CT molecular complexity index is 775. The van der Waals surface area contributed by atoms with E-state index >= 15 is 0 Å². The van der Waals surface area contributed by atoms with Gasteiger partial charge in [-0.05, 0) is 42.3 Å². The third kappa shape index (κ3) is 2.44. The lowest BCUT2D eigenvalue weighted by atomic mass is 9.65. The zero-order valence-electron chi connectivity index (χ0n) is 12.2. The van der Waals surface area contributed by atoms with Crippen LogP contribution in [0.3, 0.4) is 0 Å². The van der Waals surface area contributed by atoms with Crippen LogP contribution in [0.2, 0.25) is 5.02 Å². The molecule has 1 saturated heterocycles. The molecule has 2 atom stereocenters. The van der Waals surface area contributed by atoms with E-state index in [-0.39, 0.29) is 0 Å². The van der Waals surface area contributed by atoms with Gasteiger partial charge in [-0.1, -0.05) is 51.8 Å². The largest absolute Gasteiger partial charge is 0.465 e. The first kappa shape index (κ1) is 16.0. The molecule has 1 aliphatic heterocycles. The van der Waals surface area contributed by atoms with E-state index in [9.17, 15) is 14.7 Å². The Labute approximate surface area is 146 Å². The van der Waals surface area contributed by atoms with Crippen LogP contribution in [0, 0.1) is 0 Å². The fourth-order valence-corrected chi connectivity index (χ4v) is 3.47. The van der Waals surface area contributed by atoms with E-state index in [0.717, 1.165) is 20.5 Å². The maximum Gasteiger partial charge on any atom is 0.414 e. The second-order valence-electron chi connectivity index (χ2n) is 5.62. The van der Waals surface area contributed by atoms with E-state index in [1.165, 1.54) is 0 Å². The van der Waals surface area contributed by atoms with E-state index in [1.54, 1.807) is 31.2 Å². The molecule has 1 heterocycles. The van der Waals surface area contributed by atoms with Gasteiger partial charge in [-0.15, -0.1) is 0 Å². The Hall–Kier alpha value is -1.85. The number of β-lactam (4-membered cyclic amide) rings is 1. The molecule has 0 unspecified atom stereocenters. The Balaban J connectivity index is 2.10. The number of halogens is 2. The second-order valence-corrected chi connectivity index (χ2v) is 6.97. The quantitative estimate of drug-likeness (QED) is 0.756. The van der Waals surface area contributed by atoms with Gasteiger partial charge in [0, 0.05) is 9.50 Å². The van der Waals surface area contributed by atoms with E-state index in [2.05, 4.69) is 15.9 Å². The average molecular weight is 395 g/mol. The molecule has 6 heteroatoms. The van der Waals surface area contributed by atoms with Crippen LogP contribution in [-0.4, -0.2) is 22.0 Å². The number of carboxylic acid groups (broad SMARTS) is 1. The van der Waals surface area contributed by atoms with E-state index < -0.39 is 23.5 Å². The number of nitrogens with zero attached hydrogens (tertiary/aromatic N) is 1. The van der Waals surface area contributed by atoms with E-state index in [4.69, 9.17) is 11.6 Å². The average Bonchev–Trinajstić information content (AvgIpc) is 2.52. The first-order chi connectivity index (χ1) is 10.9. The standard InChI is InChI=1S/C17H13BrClNO3/c1-17(11-4-6-12(18)7-5-11)14(20(15(17)21)16(22)23)10-2-8-13(19)9-3-10/h2-9,14H,1H3,(H,22,23)/t14-,17+/m1/s1. The predicted molar refractivity (Wildman–Crippen MR) is 90.6 cm³/mol. The monoisotopic (exact) mass is 393 g/mol. The van der Waals surface area contributed by atoms with Crippen molar-refractivity contribution in [1.82, 2.24) is 4.90 Å². The number of hydrogen-bond acceptors (Lipinski definition) is 2. The van der Waals surface area contributed by atoms with Gasteiger partial charge in [-0.2, -0.15) is 0 Å². The van der Waals surface area contributed by atoms with Crippen molar-refractivity contribution in [2.45, 2.75) is 18.4 Å². The number of carbonyl (C=O) groups excluding carboxylic acids is 1. The molecule has 1 fully saturated rings. The minimum absolute atomic E-state index is 0.424. The summed E-state index contributed by atoms with van der Waals surface area (Å²) in [5.74, 6) is -0.424. The molecular weight excluding hydrogens is 382 g/mol. The molecule has 0 spiro atoms. The highest BCUT2D eigenvalue weighted by Gasteiger charge is 2.61. The van der Waals surface area contributed by atoms with Crippen molar-refractivity contribution in [3.05, 3.63) is 69.2 Å². The zero-order valence-corrected chi connectivity index (χ0v) is 14.5. The normalized spacial score (nSPS) is 23.5. The van der Waals surface area contributed by atoms with Gasteiger partial charge in [0.1, 0.15) is 0 Å². The molecule has 2 aromatic carbocycles. The molecule has 118 valence electrons. The highest BCUT2D eigenvalue weighted by Crippen LogP contribution is 2.51. The third-order valence-electron chi connectivity index (χ3n) is 4.30. The summed E-state index contributed by atoms with van der Waals surface area (Å²) in [6.45, 7) is 1.78. The number of carbonyl (C=O) groups is 2. The molecule has 2 aromatic rings. The highest BCUT2D eigenvalue weighted by molar-refractivity contribution is 9.10. The molecular formula is C17H13BrClNO3. The van der Waals surface area contributed by atoms with Crippen molar-refractivity contribution in [2.24, 2.45) is 0 Å². The van der Waals surface area contributed by atoms with Gasteiger partial charge in [0.2, 0.25) is 5.91 Å². The maximum absolute atomic E-state index is 12.6. The molecule has 23 heavy (non-hydrogen) atoms. The summed E-state index contributed by atoms with van der Waals surface area (Å²) in [5, 5.41) is 9.95. The Morgan fingerprint density at radius 3 is 2.26 bits per heavy atom. The van der Waals surface area contributed by atoms with E-state index in [0.29, 0.717) is 5.02 Å². The van der Waals surface area contributed by atoms with Gasteiger partial charge in [-0.3, -0.25) is 4.79 Å². The lowest BCUT2D eigenvalue weighted by Gasteiger charge is -2.52. The van der Waals surface area contributed by atoms with Crippen LogP contribution in [0.15, 0.2) is 53.0 Å². The number of amides is 2. The van der Waals surface area contributed by atoms with Gasteiger partial charge in [0.15, 0.2) is 0 Å². The minimum Gasteiger partial charge on any atom is -0.465 e. The zero-order chi connectivity index (χ0) is 16.8. The van der Waals surface area contributed by atoms with Crippen LogP contribution in [0.1, 0.15) is 24.1 Å². The van der Waals surface area contributed by atoms with Crippen LogP contribution in [0.4, 0.5) is 4.79 Å². The van der Waals surface area contributed by atoms with Crippen molar-refractivity contribution in [3.8, 4) is 0 Å². The molecule has 0 aromatic heterocycles. The Morgan fingerprint density at radius 1 is 1.17 bits per heavy atom. The van der Waals surface area contributed by atoms with Crippen molar-refractivity contribution < 1.29 is 14.7 Å². The summed E-state index contributed by atoms with van der Waals surface area (Å²) in [7, 11) is 0. The van der Waals surface area contributed by atoms with Crippen LogP contribution in [-0.2, 0) is 10.2 Å². The Morgan fingerprint density at radius 2 is 1.74 bits per heavy atom. The van der Waals surface area contributed by atoms with Crippen molar-refractivity contribution in [3.63, 3.8) is 0 Å². The topological polar surface area (TPSA) is 57.6 Å². The Kier molecular flexibility index (Phi) is 3.94. The van der Waals surface area contributed by atoms with Gasteiger partial charge < -0.3 is 5.11 Å². The van der Waals surface area contributed by atoms with Crippen molar-refractivity contribution in [2.75, 3.05) is 0 Å². The van der Waals surface area contributed by atoms with Crippen LogP contribution >= 0.6 is 27.5 Å². The minimum atomic E-state index is -1.25. The van der Waals surface area contributed by atoms with Crippen molar-refractivity contribution >= 4 is 39.5 Å². The summed E-state index contributed by atoms with van der Waals surface area (Å²) in [6, 6.07) is 13.7. The SMILES string of the molecule is C[C@@]1(c2ccc(Br)cc2)C(=O)N(C(=O)O)[C@@H]1c1ccc(Cl)cc1. The van der Waals surface area contributed by atoms with Crippen molar-refractivity contribution in [1.29, 1.82) is 0 Å². The molecule has 1 N–H and O–H groups in total. The molecule has 0 radical (unpaired) electrons. The van der Waals surface area contributed by atoms with Crippen LogP contribution in [0.5, 0.6) is 0 Å². The molecule has 4 nitrogen and oxygen atoms in total. The third-order valence-corrected chi connectivity index (χ3v) is 5.08. The predicted octanol–water partition coefficient (Wildman–Crippen LogP) is 4.62. The first-order valence-electron chi connectivity index (χ1n) is 6.94. The fourth-order valence-electron chi connectivity index (χ4n) is 3.08. The van der Waals surface area contributed by atoms with Gasteiger partial charge in [0.25, 0.3) is 0 Å². The molecule has 0 aliphatic carbocycles.